The molecule has 19 heavy (non-hydrogen) atoms. The van der Waals surface area contributed by atoms with Crippen molar-refractivity contribution in [3.05, 3.63) is 57.4 Å². The summed E-state index contributed by atoms with van der Waals surface area (Å²) in [5, 5.41) is 2.79. The second kappa shape index (κ2) is 5.14. The summed E-state index contributed by atoms with van der Waals surface area (Å²) < 4.78 is 5.43. The fourth-order valence-electron chi connectivity index (χ4n) is 2.03. The summed E-state index contributed by atoms with van der Waals surface area (Å²) in [7, 11) is 0. The van der Waals surface area contributed by atoms with Gasteiger partial charge >= 0.3 is 0 Å². The van der Waals surface area contributed by atoms with E-state index >= 15 is 0 Å². The highest BCUT2D eigenvalue weighted by Gasteiger charge is 2.17. The van der Waals surface area contributed by atoms with Crippen molar-refractivity contribution in [3.63, 3.8) is 0 Å². The number of nitrogens with one attached hydrogen (secondary N) is 2. The highest BCUT2D eigenvalue weighted by molar-refractivity contribution is 5.93. The minimum atomic E-state index is -0.396. The van der Waals surface area contributed by atoms with Crippen LogP contribution >= 0.6 is 0 Å². The minimum Gasteiger partial charge on any atom is -0.466 e. The van der Waals surface area contributed by atoms with Gasteiger partial charge in [0.15, 0.2) is 5.43 Å². The number of carbonyl (C=O) groups is 1. The highest BCUT2D eigenvalue weighted by atomic mass is 16.3. The third kappa shape index (κ3) is 2.76. The van der Waals surface area contributed by atoms with Gasteiger partial charge in [0.1, 0.15) is 17.1 Å². The summed E-state index contributed by atoms with van der Waals surface area (Å²) >= 11 is 0. The van der Waals surface area contributed by atoms with E-state index in [0.717, 1.165) is 17.1 Å². The quantitative estimate of drug-likeness (QED) is 0.887. The number of carbonyl (C=O) groups excluding carboxylic acids is 1. The Hall–Kier alpha value is -2.30. The Kier molecular flexibility index (Phi) is 3.55. The van der Waals surface area contributed by atoms with Gasteiger partial charge in [-0.25, -0.2) is 0 Å². The lowest BCUT2D eigenvalue weighted by molar-refractivity contribution is 0.0938. The van der Waals surface area contributed by atoms with Gasteiger partial charge in [-0.05, 0) is 26.8 Å². The first-order valence-corrected chi connectivity index (χ1v) is 6.04. The van der Waals surface area contributed by atoms with E-state index in [4.69, 9.17) is 4.42 Å². The Balaban J connectivity index is 2.18. The molecule has 0 aliphatic rings. The standard InChI is InChI=1S/C14H16N2O3/c1-8-6-11(10(3)19-8)9(2)16-14(18)12-7-15-5-4-13(12)17/h4-7,9H,1-3H3,(H,15,17)(H,16,18). The summed E-state index contributed by atoms with van der Waals surface area (Å²) in [6.07, 6.45) is 2.89. The number of aryl methyl sites for hydroxylation is 2. The van der Waals surface area contributed by atoms with Crippen molar-refractivity contribution >= 4 is 5.91 Å². The SMILES string of the molecule is Cc1cc(C(C)NC(=O)c2c[nH]ccc2=O)c(C)o1. The molecule has 0 radical (unpaired) electrons. The van der Waals surface area contributed by atoms with E-state index in [1.807, 2.05) is 26.8 Å². The highest BCUT2D eigenvalue weighted by Crippen LogP contribution is 2.21. The predicted molar refractivity (Wildman–Crippen MR) is 71.1 cm³/mol. The van der Waals surface area contributed by atoms with Crippen LogP contribution < -0.4 is 10.7 Å². The molecule has 1 amide bonds. The fraction of sp³-hybridized carbons (Fsp3) is 0.286. The van der Waals surface area contributed by atoms with Gasteiger partial charge in [-0.2, -0.15) is 0 Å². The molecular formula is C14H16N2O3. The lowest BCUT2D eigenvalue weighted by Gasteiger charge is -2.12. The lowest BCUT2D eigenvalue weighted by atomic mass is 10.1. The van der Waals surface area contributed by atoms with Crippen LogP contribution in [0.2, 0.25) is 0 Å². The molecule has 1 atom stereocenters. The molecule has 2 aromatic rings. The van der Waals surface area contributed by atoms with Gasteiger partial charge < -0.3 is 14.7 Å². The average Bonchev–Trinajstić information content (AvgIpc) is 2.69. The zero-order chi connectivity index (χ0) is 14.0. The molecule has 2 heterocycles. The number of aromatic nitrogens is 1. The average molecular weight is 260 g/mol. The van der Waals surface area contributed by atoms with Crippen LogP contribution in [0.15, 0.2) is 33.7 Å². The number of rotatable bonds is 3. The first-order chi connectivity index (χ1) is 8.99. The molecule has 100 valence electrons. The summed E-state index contributed by atoms with van der Waals surface area (Å²) in [6, 6.07) is 2.99. The molecule has 0 saturated heterocycles. The van der Waals surface area contributed by atoms with Crippen LogP contribution in [0.5, 0.6) is 0 Å². The van der Waals surface area contributed by atoms with Crippen LogP contribution in [0.25, 0.3) is 0 Å². The van der Waals surface area contributed by atoms with Gasteiger partial charge in [0.2, 0.25) is 0 Å². The van der Waals surface area contributed by atoms with Gasteiger partial charge in [-0.1, -0.05) is 0 Å². The number of hydrogen-bond donors (Lipinski definition) is 2. The smallest absolute Gasteiger partial charge is 0.257 e. The van der Waals surface area contributed by atoms with Crippen molar-refractivity contribution in [1.82, 2.24) is 10.3 Å². The molecule has 0 bridgehead atoms. The maximum absolute atomic E-state index is 12.0. The van der Waals surface area contributed by atoms with E-state index in [1.54, 1.807) is 0 Å². The van der Waals surface area contributed by atoms with E-state index in [-0.39, 0.29) is 17.0 Å². The van der Waals surface area contributed by atoms with Crippen LogP contribution in [0.3, 0.4) is 0 Å². The predicted octanol–water partition coefficient (Wildman–Crippen LogP) is 2.08. The number of pyridine rings is 1. The summed E-state index contributed by atoms with van der Waals surface area (Å²) in [5.41, 5.74) is 0.717. The zero-order valence-electron chi connectivity index (χ0n) is 11.1. The largest absolute Gasteiger partial charge is 0.466 e. The second-order valence-corrected chi connectivity index (χ2v) is 4.49. The maximum atomic E-state index is 12.0. The van der Waals surface area contributed by atoms with Crippen LogP contribution in [0, 0.1) is 13.8 Å². The first kappa shape index (κ1) is 13.1. The van der Waals surface area contributed by atoms with Crippen molar-refractivity contribution in [3.8, 4) is 0 Å². The number of furan rings is 1. The van der Waals surface area contributed by atoms with E-state index < -0.39 is 5.91 Å². The van der Waals surface area contributed by atoms with Crippen molar-refractivity contribution in [2.24, 2.45) is 0 Å². The zero-order valence-corrected chi connectivity index (χ0v) is 11.1. The Morgan fingerprint density at radius 1 is 1.42 bits per heavy atom. The maximum Gasteiger partial charge on any atom is 0.257 e. The van der Waals surface area contributed by atoms with Gasteiger partial charge in [0, 0.05) is 24.0 Å². The molecule has 0 spiro atoms. The monoisotopic (exact) mass is 260 g/mol. The molecule has 1 unspecified atom stereocenters. The Morgan fingerprint density at radius 3 is 2.74 bits per heavy atom. The Bertz CT molecular complexity index is 655. The molecule has 5 nitrogen and oxygen atoms in total. The van der Waals surface area contributed by atoms with Crippen molar-refractivity contribution in [2.45, 2.75) is 26.8 Å². The summed E-state index contributed by atoms with van der Waals surface area (Å²) in [6.45, 7) is 5.56. The van der Waals surface area contributed by atoms with Crippen LogP contribution in [-0.2, 0) is 0 Å². The normalized spacial score (nSPS) is 12.2. The van der Waals surface area contributed by atoms with E-state index in [2.05, 4.69) is 10.3 Å². The number of aromatic amines is 1. The van der Waals surface area contributed by atoms with Crippen molar-refractivity contribution < 1.29 is 9.21 Å². The van der Waals surface area contributed by atoms with Crippen molar-refractivity contribution in [1.29, 1.82) is 0 Å². The fourth-order valence-corrected chi connectivity index (χ4v) is 2.03. The molecule has 2 N–H and O–H groups in total. The molecule has 0 fully saturated rings. The lowest BCUT2D eigenvalue weighted by Crippen LogP contribution is -2.30. The van der Waals surface area contributed by atoms with Crippen LogP contribution in [-0.4, -0.2) is 10.9 Å². The van der Waals surface area contributed by atoms with E-state index in [0.29, 0.717) is 0 Å². The van der Waals surface area contributed by atoms with Crippen LogP contribution in [0.1, 0.15) is 40.4 Å². The summed E-state index contributed by atoms with van der Waals surface area (Å²) in [5.74, 6) is 1.17. The number of amides is 1. The molecule has 0 aliphatic carbocycles. The van der Waals surface area contributed by atoms with Gasteiger partial charge in [-0.3, -0.25) is 9.59 Å². The second-order valence-electron chi connectivity index (χ2n) is 4.49. The Morgan fingerprint density at radius 2 is 2.16 bits per heavy atom. The molecular weight excluding hydrogens is 244 g/mol. The molecule has 5 heteroatoms. The molecule has 0 aromatic carbocycles. The van der Waals surface area contributed by atoms with E-state index in [9.17, 15) is 9.59 Å². The van der Waals surface area contributed by atoms with E-state index in [1.165, 1.54) is 18.5 Å². The molecule has 2 rings (SSSR count). The number of hydrogen-bond acceptors (Lipinski definition) is 3. The number of H-pyrrole nitrogens is 1. The third-order valence-electron chi connectivity index (χ3n) is 2.96. The first-order valence-electron chi connectivity index (χ1n) is 6.04. The Labute approximate surface area is 110 Å². The van der Waals surface area contributed by atoms with Gasteiger partial charge in [-0.15, -0.1) is 0 Å². The van der Waals surface area contributed by atoms with Crippen LogP contribution in [0.4, 0.5) is 0 Å². The van der Waals surface area contributed by atoms with Gasteiger partial charge in [0.05, 0.1) is 6.04 Å². The van der Waals surface area contributed by atoms with Gasteiger partial charge in [0.25, 0.3) is 5.91 Å². The minimum absolute atomic E-state index is 0.104. The third-order valence-corrected chi connectivity index (χ3v) is 2.96. The topological polar surface area (TPSA) is 75.1 Å². The molecule has 0 aliphatic heterocycles. The van der Waals surface area contributed by atoms with Crippen molar-refractivity contribution in [2.75, 3.05) is 0 Å². The molecule has 2 aromatic heterocycles. The summed E-state index contributed by atoms with van der Waals surface area (Å²) in [4.78, 5) is 26.3. The molecule has 0 saturated carbocycles.